The highest BCUT2D eigenvalue weighted by atomic mass is 28.5. The van der Waals surface area contributed by atoms with Crippen LogP contribution in [0.1, 0.15) is 0 Å². The van der Waals surface area contributed by atoms with Gasteiger partial charge in [-0.15, -0.1) is 0 Å². The first-order valence-corrected chi connectivity index (χ1v) is 2.27. The molecule has 0 spiro atoms. The van der Waals surface area contributed by atoms with Gasteiger partial charge >= 0.3 is 9.41 Å². The highest BCUT2D eigenvalue weighted by Crippen LogP contribution is 2.06. The number of hydrogen-bond donors (Lipinski definition) is 0. The van der Waals surface area contributed by atoms with Gasteiger partial charge in [0.2, 0.25) is 0 Å². The minimum Gasteiger partial charge on any atom is -0.412 e. The van der Waals surface area contributed by atoms with E-state index in [9.17, 15) is 16.4 Å². The van der Waals surface area contributed by atoms with Crippen molar-refractivity contribution in [2.24, 2.45) is 0 Å². The van der Waals surface area contributed by atoms with E-state index in [1.807, 2.05) is 0 Å². The standard InChI is InChI=1S/F4Si.Mg.6H2O/c1-5(2,3)4;;;;;;;/h;;6*1H2. The van der Waals surface area contributed by atoms with Crippen LogP contribution in [0.4, 0.5) is 16.4 Å². The SMILES string of the molecule is F[Si](F)(F)F.O.O.O.O.O.O.[Mg]. The van der Waals surface area contributed by atoms with Crippen LogP contribution in [0.15, 0.2) is 0 Å². The minimum atomic E-state index is -6.61. The van der Waals surface area contributed by atoms with E-state index >= 15 is 0 Å². The summed E-state index contributed by atoms with van der Waals surface area (Å²) in [7, 11) is -6.61. The van der Waals surface area contributed by atoms with Gasteiger partial charge in [0.25, 0.3) is 0 Å². The van der Waals surface area contributed by atoms with Gasteiger partial charge in [-0.05, 0) is 0 Å². The average Bonchev–Trinajstić information content (AvgIpc) is 0.722. The van der Waals surface area contributed by atoms with E-state index in [0.29, 0.717) is 0 Å². The molecule has 0 fully saturated rings. The van der Waals surface area contributed by atoms with Crippen LogP contribution in [-0.2, 0) is 0 Å². The molecule has 12 heavy (non-hydrogen) atoms. The topological polar surface area (TPSA) is 189 Å². The lowest BCUT2D eigenvalue weighted by Crippen LogP contribution is -2.02. The fourth-order valence-corrected chi connectivity index (χ4v) is 0. The third-order valence-electron chi connectivity index (χ3n) is 0. The van der Waals surface area contributed by atoms with E-state index < -0.39 is 9.41 Å². The van der Waals surface area contributed by atoms with Crippen LogP contribution >= 0.6 is 0 Å². The van der Waals surface area contributed by atoms with E-state index in [4.69, 9.17) is 0 Å². The minimum absolute atomic E-state index is 0. The molecule has 0 aromatic rings. The molecule has 12 N–H and O–H groups in total. The summed E-state index contributed by atoms with van der Waals surface area (Å²) in [6.45, 7) is 0. The quantitative estimate of drug-likeness (QED) is 0.225. The number of halogens is 4. The van der Waals surface area contributed by atoms with Gasteiger partial charge in [0, 0.05) is 23.1 Å². The first-order valence-electron chi connectivity index (χ1n) is 0.756. The zero-order valence-electron chi connectivity index (χ0n) is 5.72. The lowest BCUT2D eigenvalue weighted by atomic mass is 16.0. The molecule has 0 saturated carbocycles. The lowest BCUT2D eigenvalue weighted by molar-refractivity contribution is 0.368. The molecule has 0 aromatic heterocycles. The Hall–Kier alpha value is 0.463. The van der Waals surface area contributed by atoms with Crippen molar-refractivity contribution in [1.82, 2.24) is 0 Å². The first-order chi connectivity index (χ1) is 2.00. The summed E-state index contributed by atoms with van der Waals surface area (Å²) in [6, 6.07) is 0. The van der Waals surface area contributed by atoms with Crippen LogP contribution < -0.4 is 0 Å². The Morgan fingerprint density at radius 2 is 0.500 bits per heavy atom. The Morgan fingerprint density at radius 3 is 0.500 bits per heavy atom. The van der Waals surface area contributed by atoms with Crippen LogP contribution in [0.3, 0.4) is 0 Å². The Bertz CT molecular complexity index is 35.0. The molecule has 2 radical (unpaired) electrons. The van der Waals surface area contributed by atoms with Gasteiger partial charge in [-0.2, -0.15) is 0 Å². The van der Waals surface area contributed by atoms with E-state index in [2.05, 4.69) is 0 Å². The summed E-state index contributed by atoms with van der Waals surface area (Å²) >= 11 is 0. The molecule has 6 nitrogen and oxygen atoms in total. The molecule has 0 aromatic carbocycles. The number of rotatable bonds is 0. The Balaban J connectivity index is -0.00000000381. The third-order valence-corrected chi connectivity index (χ3v) is 0. The summed E-state index contributed by atoms with van der Waals surface area (Å²) in [4.78, 5) is 0. The van der Waals surface area contributed by atoms with Crippen LogP contribution in [0.2, 0.25) is 0 Å². The summed E-state index contributed by atoms with van der Waals surface area (Å²) in [5, 5.41) is 0. The van der Waals surface area contributed by atoms with Gasteiger partial charge in [-0.3, -0.25) is 0 Å². The van der Waals surface area contributed by atoms with Crippen molar-refractivity contribution in [3.63, 3.8) is 0 Å². The van der Waals surface area contributed by atoms with Crippen LogP contribution in [-0.4, -0.2) is 65.3 Å². The van der Waals surface area contributed by atoms with Crippen molar-refractivity contribution < 1.29 is 49.3 Å². The van der Waals surface area contributed by atoms with Crippen molar-refractivity contribution in [1.29, 1.82) is 0 Å². The maximum absolute atomic E-state index is 9.83. The van der Waals surface area contributed by atoms with Gasteiger partial charge < -0.3 is 32.9 Å². The van der Waals surface area contributed by atoms with Gasteiger partial charge in [-0.1, -0.05) is 0 Å². The van der Waals surface area contributed by atoms with Gasteiger partial charge in [-0.25, -0.2) is 16.4 Å². The van der Waals surface area contributed by atoms with Gasteiger partial charge in [0.05, 0.1) is 0 Å². The molecule has 0 unspecified atom stereocenters. The molecule has 0 aliphatic heterocycles. The molecule has 0 atom stereocenters. The second-order valence-electron chi connectivity index (χ2n) is 0.429. The van der Waals surface area contributed by atoms with Crippen LogP contribution in [0.25, 0.3) is 0 Å². The molecular weight excluding hydrogens is 224 g/mol. The lowest BCUT2D eigenvalue weighted by Gasteiger charge is -1.75. The highest BCUT2D eigenvalue weighted by Gasteiger charge is 2.39. The summed E-state index contributed by atoms with van der Waals surface area (Å²) in [5.74, 6) is 0. The highest BCUT2D eigenvalue weighted by molar-refractivity contribution is 6.50. The first kappa shape index (κ1) is 82.2. The molecule has 0 aliphatic carbocycles. The van der Waals surface area contributed by atoms with Crippen molar-refractivity contribution >= 4 is 32.5 Å². The maximum Gasteiger partial charge on any atom is 0.844 e. The van der Waals surface area contributed by atoms with Crippen molar-refractivity contribution in [2.75, 3.05) is 0 Å². The normalized spacial score (nSPS) is 5.00. The van der Waals surface area contributed by atoms with Crippen molar-refractivity contribution in [2.45, 2.75) is 0 Å². The molecule has 0 heterocycles. The summed E-state index contributed by atoms with van der Waals surface area (Å²) in [5.41, 5.74) is 0. The molecule has 0 saturated heterocycles. The number of hydrogen-bond acceptors (Lipinski definition) is 0. The molecule has 0 bridgehead atoms. The van der Waals surface area contributed by atoms with E-state index in [-0.39, 0.29) is 55.9 Å². The largest absolute Gasteiger partial charge is 0.844 e. The molecule has 0 aliphatic rings. The monoisotopic (exact) mass is 236 g/mol. The zero-order valence-corrected chi connectivity index (χ0v) is 8.13. The van der Waals surface area contributed by atoms with Crippen molar-refractivity contribution in [3.8, 4) is 0 Å². The Morgan fingerprint density at radius 1 is 0.500 bits per heavy atom. The Kier molecular flexibility index (Phi) is 206. The fraction of sp³-hybridized carbons (Fsp3) is 0. The molecule has 82 valence electrons. The predicted molar refractivity (Wildman–Crippen MR) is 37.6 cm³/mol. The zero-order chi connectivity index (χ0) is 4.50. The van der Waals surface area contributed by atoms with Crippen LogP contribution in [0.5, 0.6) is 0 Å². The molecule has 0 amide bonds. The van der Waals surface area contributed by atoms with Crippen LogP contribution in [0, 0.1) is 0 Å². The maximum atomic E-state index is 9.83. The van der Waals surface area contributed by atoms with Gasteiger partial charge in [0.15, 0.2) is 0 Å². The van der Waals surface area contributed by atoms with Gasteiger partial charge in [0.1, 0.15) is 0 Å². The smallest absolute Gasteiger partial charge is 0.412 e. The average molecular weight is 236 g/mol. The second-order valence-corrected chi connectivity index (χ2v) is 1.29. The van der Waals surface area contributed by atoms with E-state index in [0.717, 1.165) is 0 Å². The van der Waals surface area contributed by atoms with Crippen molar-refractivity contribution in [3.05, 3.63) is 0 Å². The van der Waals surface area contributed by atoms with E-state index in [1.165, 1.54) is 0 Å². The third kappa shape index (κ3) is 4370. The molecule has 0 rings (SSSR count). The summed E-state index contributed by atoms with van der Waals surface area (Å²) in [6.07, 6.45) is 0. The second kappa shape index (κ2) is 30.0. The van der Waals surface area contributed by atoms with E-state index in [1.54, 1.807) is 0 Å². The summed E-state index contributed by atoms with van der Waals surface area (Å²) < 4.78 is 39.3. The fourth-order valence-electron chi connectivity index (χ4n) is 0. The predicted octanol–water partition coefficient (Wildman–Crippen LogP) is -4.03. The Labute approximate surface area is 82.3 Å². The molecular formula is H12F4MgO6Si. The molecule has 12 heteroatoms.